The SMILES string of the molecule is COc1cc(CNc2ccc(C)c(Cl)c2)cc(I)c1OCc1ccccc1. The molecule has 0 aliphatic carbocycles. The van der Waals surface area contributed by atoms with E-state index < -0.39 is 0 Å². The summed E-state index contributed by atoms with van der Waals surface area (Å²) in [4.78, 5) is 0. The summed E-state index contributed by atoms with van der Waals surface area (Å²) in [6.07, 6.45) is 0. The highest BCUT2D eigenvalue weighted by atomic mass is 127. The fourth-order valence-corrected chi connectivity index (χ4v) is 3.65. The number of hydrogen-bond donors (Lipinski definition) is 1. The van der Waals surface area contributed by atoms with Gasteiger partial charge in [-0.3, -0.25) is 0 Å². The number of ether oxygens (including phenoxy) is 2. The van der Waals surface area contributed by atoms with Gasteiger partial charge in [0.05, 0.1) is 10.7 Å². The molecule has 0 aliphatic rings. The molecule has 0 aliphatic heterocycles. The summed E-state index contributed by atoms with van der Waals surface area (Å²) in [5.41, 5.74) is 4.29. The number of anilines is 1. The average Bonchev–Trinajstić information content (AvgIpc) is 2.68. The van der Waals surface area contributed by atoms with E-state index in [1.54, 1.807) is 7.11 Å². The number of benzene rings is 3. The lowest BCUT2D eigenvalue weighted by atomic mass is 10.1. The third kappa shape index (κ3) is 5.30. The van der Waals surface area contributed by atoms with E-state index in [1.807, 2.05) is 61.5 Å². The van der Waals surface area contributed by atoms with E-state index in [9.17, 15) is 0 Å². The smallest absolute Gasteiger partial charge is 0.174 e. The minimum absolute atomic E-state index is 0.507. The lowest BCUT2D eigenvalue weighted by Gasteiger charge is -2.15. The molecule has 0 fully saturated rings. The number of hydrogen-bond acceptors (Lipinski definition) is 3. The molecule has 3 rings (SSSR count). The number of aryl methyl sites for hydroxylation is 1. The van der Waals surface area contributed by atoms with Crippen molar-refractivity contribution in [3.63, 3.8) is 0 Å². The largest absolute Gasteiger partial charge is 0.493 e. The van der Waals surface area contributed by atoms with Gasteiger partial charge in [-0.25, -0.2) is 0 Å². The van der Waals surface area contributed by atoms with Crippen LogP contribution in [0, 0.1) is 10.5 Å². The first-order valence-electron chi connectivity index (χ1n) is 8.60. The lowest BCUT2D eigenvalue weighted by molar-refractivity contribution is 0.282. The van der Waals surface area contributed by atoms with E-state index in [0.29, 0.717) is 13.2 Å². The minimum atomic E-state index is 0.507. The Morgan fingerprint density at radius 3 is 2.48 bits per heavy atom. The van der Waals surface area contributed by atoms with Gasteiger partial charge < -0.3 is 14.8 Å². The van der Waals surface area contributed by atoms with Gasteiger partial charge in [-0.1, -0.05) is 48.0 Å². The molecule has 0 unspecified atom stereocenters. The van der Waals surface area contributed by atoms with Crippen molar-refractivity contribution in [1.29, 1.82) is 0 Å². The zero-order valence-electron chi connectivity index (χ0n) is 15.3. The second-order valence-corrected chi connectivity index (χ2v) is 7.77. The first kappa shape index (κ1) is 19.8. The monoisotopic (exact) mass is 493 g/mol. The molecule has 5 heteroatoms. The van der Waals surface area contributed by atoms with Gasteiger partial charge in [0.2, 0.25) is 0 Å². The zero-order valence-corrected chi connectivity index (χ0v) is 18.2. The van der Waals surface area contributed by atoms with Crippen LogP contribution in [0.4, 0.5) is 5.69 Å². The predicted octanol–water partition coefficient (Wildman–Crippen LogP) is 6.45. The van der Waals surface area contributed by atoms with E-state index in [-0.39, 0.29) is 0 Å². The van der Waals surface area contributed by atoms with Gasteiger partial charge >= 0.3 is 0 Å². The molecule has 0 heterocycles. The van der Waals surface area contributed by atoms with Crippen LogP contribution in [0.2, 0.25) is 5.02 Å². The Morgan fingerprint density at radius 1 is 1.00 bits per heavy atom. The number of halogens is 2. The fourth-order valence-electron chi connectivity index (χ4n) is 2.65. The zero-order chi connectivity index (χ0) is 19.2. The van der Waals surface area contributed by atoms with Crippen LogP contribution < -0.4 is 14.8 Å². The van der Waals surface area contributed by atoms with Gasteiger partial charge in [0.15, 0.2) is 11.5 Å². The van der Waals surface area contributed by atoms with Crippen molar-refractivity contribution >= 4 is 39.9 Å². The van der Waals surface area contributed by atoms with Gasteiger partial charge in [-0.2, -0.15) is 0 Å². The first-order chi connectivity index (χ1) is 13.1. The number of nitrogens with one attached hydrogen (secondary N) is 1. The van der Waals surface area contributed by atoms with E-state index >= 15 is 0 Å². The Balaban J connectivity index is 1.72. The molecule has 0 spiro atoms. The highest BCUT2D eigenvalue weighted by molar-refractivity contribution is 14.1. The first-order valence-corrected chi connectivity index (χ1v) is 10.1. The molecule has 0 aromatic heterocycles. The molecule has 140 valence electrons. The summed E-state index contributed by atoms with van der Waals surface area (Å²) in [7, 11) is 1.66. The standard InChI is InChI=1S/C22H21ClINO2/c1-15-8-9-18(12-19(15)23)25-13-17-10-20(24)22(21(11-17)26-2)27-14-16-6-4-3-5-7-16/h3-12,25H,13-14H2,1-2H3. The van der Waals surface area contributed by atoms with Crippen molar-refractivity contribution in [2.24, 2.45) is 0 Å². The van der Waals surface area contributed by atoms with Crippen molar-refractivity contribution in [3.05, 3.63) is 85.9 Å². The molecule has 1 N–H and O–H groups in total. The Hall–Kier alpha value is -1.92. The molecule has 0 saturated carbocycles. The molecule has 3 aromatic rings. The Kier molecular flexibility index (Phi) is 6.85. The van der Waals surface area contributed by atoms with Crippen LogP contribution in [-0.4, -0.2) is 7.11 Å². The topological polar surface area (TPSA) is 30.5 Å². The van der Waals surface area contributed by atoms with E-state index in [0.717, 1.165) is 42.5 Å². The maximum Gasteiger partial charge on any atom is 0.174 e. The summed E-state index contributed by atoms with van der Waals surface area (Å²) in [6.45, 7) is 3.17. The maximum atomic E-state index is 6.20. The van der Waals surface area contributed by atoms with Crippen LogP contribution >= 0.6 is 34.2 Å². The second kappa shape index (κ2) is 9.33. The van der Waals surface area contributed by atoms with Gasteiger partial charge in [0.1, 0.15) is 6.61 Å². The number of methoxy groups -OCH3 is 1. The van der Waals surface area contributed by atoms with Gasteiger partial charge in [0, 0.05) is 17.3 Å². The molecule has 0 saturated heterocycles. The summed E-state index contributed by atoms with van der Waals surface area (Å²) >= 11 is 8.48. The van der Waals surface area contributed by atoms with Gasteiger partial charge in [0.25, 0.3) is 0 Å². The summed E-state index contributed by atoms with van der Waals surface area (Å²) < 4.78 is 12.6. The van der Waals surface area contributed by atoms with Crippen molar-refractivity contribution in [2.75, 3.05) is 12.4 Å². The molecular weight excluding hydrogens is 473 g/mol. The van der Waals surface area contributed by atoms with Crippen LogP contribution in [0.5, 0.6) is 11.5 Å². The summed E-state index contributed by atoms with van der Waals surface area (Å²) in [5.74, 6) is 1.50. The molecule has 3 nitrogen and oxygen atoms in total. The minimum Gasteiger partial charge on any atom is -0.493 e. The van der Waals surface area contributed by atoms with Crippen LogP contribution in [0.1, 0.15) is 16.7 Å². The quantitative estimate of drug-likeness (QED) is 0.384. The van der Waals surface area contributed by atoms with Crippen molar-refractivity contribution in [1.82, 2.24) is 0 Å². The van der Waals surface area contributed by atoms with Crippen LogP contribution in [-0.2, 0) is 13.2 Å². The van der Waals surface area contributed by atoms with Gasteiger partial charge in [-0.15, -0.1) is 0 Å². The van der Waals surface area contributed by atoms with Crippen LogP contribution in [0.25, 0.3) is 0 Å². The number of rotatable bonds is 7. The fraction of sp³-hybridized carbons (Fsp3) is 0.182. The average molecular weight is 494 g/mol. The Bertz CT molecular complexity index is 916. The highest BCUT2D eigenvalue weighted by Crippen LogP contribution is 2.35. The van der Waals surface area contributed by atoms with Crippen molar-refractivity contribution in [3.8, 4) is 11.5 Å². The predicted molar refractivity (Wildman–Crippen MR) is 120 cm³/mol. The molecule has 0 amide bonds. The van der Waals surface area contributed by atoms with Crippen LogP contribution in [0.3, 0.4) is 0 Å². The molecule has 3 aromatic carbocycles. The Morgan fingerprint density at radius 2 is 1.78 bits per heavy atom. The van der Waals surface area contributed by atoms with Crippen molar-refractivity contribution in [2.45, 2.75) is 20.1 Å². The third-order valence-electron chi connectivity index (χ3n) is 4.18. The molecule has 0 bridgehead atoms. The van der Waals surface area contributed by atoms with E-state index in [1.165, 1.54) is 0 Å². The molecular formula is C22H21ClINO2. The van der Waals surface area contributed by atoms with Gasteiger partial charge in [-0.05, 0) is 70.5 Å². The molecule has 0 atom stereocenters. The maximum absolute atomic E-state index is 6.20. The van der Waals surface area contributed by atoms with E-state index in [2.05, 4.69) is 34.0 Å². The Labute approximate surface area is 178 Å². The highest BCUT2D eigenvalue weighted by Gasteiger charge is 2.12. The van der Waals surface area contributed by atoms with Crippen molar-refractivity contribution < 1.29 is 9.47 Å². The lowest BCUT2D eigenvalue weighted by Crippen LogP contribution is -2.03. The third-order valence-corrected chi connectivity index (χ3v) is 5.39. The molecule has 27 heavy (non-hydrogen) atoms. The summed E-state index contributed by atoms with van der Waals surface area (Å²) in [5, 5.41) is 4.16. The van der Waals surface area contributed by atoms with Crippen LogP contribution in [0.15, 0.2) is 60.7 Å². The summed E-state index contributed by atoms with van der Waals surface area (Å²) in [6, 6.07) is 20.2. The normalized spacial score (nSPS) is 10.5. The second-order valence-electron chi connectivity index (χ2n) is 6.20. The van der Waals surface area contributed by atoms with E-state index in [4.69, 9.17) is 21.1 Å². The molecule has 0 radical (unpaired) electrons.